The van der Waals surface area contributed by atoms with Gasteiger partial charge in [0.1, 0.15) is 0 Å². The first-order valence-corrected chi connectivity index (χ1v) is 7.37. The Morgan fingerprint density at radius 2 is 1.82 bits per heavy atom. The summed E-state index contributed by atoms with van der Waals surface area (Å²) in [5, 5.41) is -0.587. The van der Waals surface area contributed by atoms with Gasteiger partial charge >= 0.3 is 0 Å². The Morgan fingerprint density at radius 3 is 2.29 bits per heavy atom. The molecule has 0 aliphatic carbocycles. The minimum Gasteiger partial charge on any atom is -0.207 e. The first kappa shape index (κ1) is 14.5. The van der Waals surface area contributed by atoms with E-state index < -0.39 is 27.8 Å². The molecule has 0 heterocycles. The summed E-state index contributed by atoms with van der Waals surface area (Å²) in [5.41, 5.74) is 0.898. The van der Waals surface area contributed by atoms with Gasteiger partial charge in [0.15, 0.2) is 0 Å². The molecular formula is C10H12BrF2NO2S. The van der Waals surface area contributed by atoms with Crippen molar-refractivity contribution in [2.45, 2.75) is 17.7 Å². The molecule has 0 saturated heterocycles. The smallest absolute Gasteiger partial charge is 0.207 e. The van der Waals surface area contributed by atoms with Crippen LogP contribution in [-0.2, 0) is 10.0 Å². The number of sulfonamides is 1. The Kier molecular flexibility index (Phi) is 4.62. The van der Waals surface area contributed by atoms with Gasteiger partial charge < -0.3 is 0 Å². The fourth-order valence-corrected chi connectivity index (χ4v) is 2.31. The highest BCUT2D eigenvalue weighted by Crippen LogP contribution is 2.16. The molecule has 0 amide bonds. The molecule has 0 fully saturated rings. The fraction of sp³-hybridized carbons (Fsp3) is 0.400. The first-order chi connectivity index (χ1) is 7.77. The van der Waals surface area contributed by atoms with Crippen molar-refractivity contribution in [2.75, 3.05) is 11.9 Å². The number of halogens is 3. The second-order valence-corrected chi connectivity index (χ2v) is 5.95. The number of rotatable bonds is 5. The highest BCUT2D eigenvalue weighted by atomic mass is 79.9. The molecule has 0 aromatic heterocycles. The zero-order chi connectivity index (χ0) is 13.1. The summed E-state index contributed by atoms with van der Waals surface area (Å²) >= 11 is 2.62. The van der Waals surface area contributed by atoms with Crippen LogP contribution in [0.4, 0.5) is 8.78 Å². The zero-order valence-electron chi connectivity index (χ0n) is 9.08. The van der Waals surface area contributed by atoms with Crippen LogP contribution in [0.25, 0.3) is 0 Å². The van der Waals surface area contributed by atoms with E-state index in [1.54, 1.807) is 12.1 Å². The molecule has 1 aromatic carbocycles. The van der Waals surface area contributed by atoms with Gasteiger partial charge in [-0.3, -0.25) is 0 Å². The fourth-order valence-electron chi connectivity index (χ4n) is 1.05. The zero-order valence-corrected chi connectivity index (χ0v) is 11.5. The monoisotopic (exact) mass is 327 g/mol. The van der Waals surface area contributed by atoms with Crippen LogP contribution in [0.15, 0.2) is 29.2 Å². The lowest BCUT2D eigenvalue weighted by Crippen LogP contribution is -2.37. The van der Waals surface area contributed by atoms with E-state index >= 15 is 0 Å². The van der Waals surface area contributed by atoms with Crippen molar-refractivity contribution in [3.05, 3.63) is 29.8 Å². The maximum Gasteiger partial charge on any atom is 0.270 e. The maximum atomic E-state index is 12.9. The number of hydrogen-bond donors (Lipinski definition) is 1. The molecule has 0 unspecified atom stereocenters. The van der Waals surface area contributed by atoms with Gasteiger partial charge in [-0.1, -0.05) is 33.6 Å². The van der Waals surface area contributed by atoms with E-state index in [1.807, 2.05) is 11.6 Å². The predicted octanol–water partition coefficient (Wildman–Crippen LogP) is 2.30. The van der Waals surface area contributed by atoms with Crippen LogP contribution in [-0.4, -0.2) is 26.2 Å². The molecule has 0 saturated carbocycles. The molecule has 3 nitrogen and oxygen atoms in total. The van der Waals surface area contributed by atoms with E-state index in [0.717, 1.165) is 5.56 Å². The topological polar surface area (TPSA) is 46.2 Å². The summed E-state index contributed by atoms with van der Waals surface area (Å²) in [7, 11) is -3.87. The molecule has 0 spiro atoms. The highest BCUT2D eigenvalue weighted by Gasteiger charge is 2.29. The molecule has 1 aromatic rings. The van der Waals surface area contributed by atoms with Crippen molar-refractivity contribution in [1.82, 2.24) is 4.72 Å². The van der Waals surface area contributed by atoms with Gasteiger partial charge in [-0.15, -0.1) is 0 Å². The molecule has 0 aliphatic heterocycles. The first-order valence-electron chi connectivity index (χ1n) is 4.77. The van der Waals surface area contributed by atoms with E-state index in [-0.39, 0.29) is 4.90 Å². The number of aryl methyl sites for hydroxylation is 1. The van der Waals surface area contributed by atoms with Crippen molar-refractivity contribution in [2.24, 2.45) is 0 Å². The van der Waals surface area contributed by atoms with Crippen molar-refractivity contribution >= 4 is 26.0 Å². The average Bonchev–Trinajstić information content (AvgIpc) is 2.27. The third-order valence-electron chi connectivity index (χ3n) is 2.05. The second kappa shape index (κ2) is 5.41. The van der Waals surface area contributed by atoms with E-state index in [4.69, 9.17) is 0 Å². The van der Waals surface area contributed by atoms with Crippen molar-refractivity contribution in [1.29, 1.82) is 0 Å². The van der Waals surface area contributed by atoms with E-state index in [2.05, 4.69) is 15.9 Å². The van der Waals surface area contributed by atoms with E-state index in [9.17, 15) is 17.2 Å². The average molecular weight is 328 g/mol. The molecule has 0 aliphatic rings. The SMILES string of the molecule is Cc1ccc(S(=O)(=O)NCC(F)(F)CBr)cc1. The standard InChI is InChI=1S/C10H12BrF2NO2S/c1-8-2-4-9(5-3-8)17(15,16)14-7-10(12,13)6-11/h2-5,14H,6-7H2,1H3. The Balaban J connectivity index is 2.79. The highest BCUT2D eigenvalue weighted by molar-refractivity contribution is 9.09. The minimum absolute atomic E-state index is 0.0199. The number of nitrogens with one attached hydrogen (secondary N) is 1. The maximum absolute atomic E-state index is 12.9. The van der Waals surface area contributed by atoms with Gasteiger partial charge in [-0.2, -0.15) is 0 Å². The van der Waals surface area contributed by atoms with Gasteiger partial charge in [0, 0.05) is 0 Å². The summed E-state index contributed by atoms with van der Waals surface area (Å²) in [6.07, 6.45) is 0. The third kappa shape index (κ3) is 4.33. The molecule has 0 atom stereocenters. The van der Waals surface area contributed by atoms with Gasteiger partial charge in [0.2, 0.25) is 10.0 Å². The third-order valence-corrected chi connectivity index (χ3v) is 4.29. The molecule has 7 heteroatoms. The van der Waals surface area contributed by atoms with Crippen molar-refractivity contribution in [3.63, 3.8) is 0 Å². The van der Waals surface area contributed by atoms with Gasteiger partial charge in [-0.25, -0.2) is 21.9 Å². The Bertz CT molecular complexity index is 474. The van der Waals surface area contributed by atoms with Crippen LogP contribution >= 0.6 is 15.9 Å². The van der Waals surface area contributed by atoms with Gasteiger partial charge in [-0.05, 0) is 19.1 Å². The molecule has 0 bridgehead atoms. The van der Waals surface area contributed by atoms with Crippen LogP contribution in [0.3, 0.4) is 0 Å². The molecule has 1 N–H and O–H groups in total. The Labute approximate surface area is 107 Å². The second-order valence-electron chi connectivity index (χ2n) is 3.63. The quantitative estimate of drug-likeness (QED) is 0.843. The molecule has 1 rings (SSSR count). The largest absolute Gasteiger partial charge is 0.270 e. The molecule has 17 heavy (non-hydrogen) atoms. The normalized spacial score (nSPS) is 12.7. The molecule has 96 valence electrons. The minimum atomic E-state index is -3.87. The van der Waals surface area contributed by atoms with Gasteiger partial charge in [0.25, 0.3) is 5.92 Å². The lowest BCUT2D eigenvalue weighted by molar-refractivity contribution is 0.0349. The van der Waals surface area contributed by atoms with E-state index in [0.29, 0.717) is 0 Å². The van der Waals surface area contributed by atoms with Crippen LogP contribution in [0.5, 0.6) is 0 Å². The number of benzene rings is 1. The van der Waals surface area contributed by atoms with Gasteiger partial charge in [0.05, 0.1) is 16.8 Å². The van der Waals surface area contributed by atoms with E-state index in [1.165, 1.54) is 12.1 Å². The van der Waals surface area contributed by atoms with Crippen LogP contribution in [0.1, 0.15) is 5.56 Å². The Morgan fingerprint density at radius 1 is 1.29 bits per heavy atom. The lowest BCUT2D eigenvalue weighted by Gasteiger charge is -2.14. The summed E-state index contributed by atoms with van der Waals surface area (Å²) in [5.74, 6) is -3.10. The summed E-state index contributed by atoms with van der Waals surface area (Å²) < 4.78 is 50.9. The lowest BCUT2D eigenvalue weighted by atomic mass is 10.2. The van der Waals surface area contributed by atoms with Crippen molar-refractivity contribution < 1.29 is 17.2 Å². The number of alkyl halides is 3. The van der Waals surface area contributed by atoms with Crippen LogP contribution in [0, 0.1) is 6.92 Å². The predicted molar refractivity (Wildman–Crippen MR) is 65.1 cm³/mol. The summed E-state index contributed by atoms with van der Waals surface area (Å²) in [6, 6.07) is 5.97. The summed E-state index contributed by atoms with van der Waals surface area (Å²) in [4.78, 5) is -0.0199. The van der Waals surface area contributed by atoms with Crippen LogP contribution < -0.4 is 4.72 Å². The number of hydrogen-bond acceptors (Lipinski definition) is 2. The molecule has 0 radical (unpaired) electrons. The molecular weight excluding hydrogens is 316 g/mol. The van der Waals surface area contributed by atoms with Crippen molar-refractivity contribution in [3.8, 4) is 0 Å². The summed E-state index contributed by atoms with van der Waals surface area (Å²) in [6.45, 7) is 0.886. The Hall–Kier alpha value is -0.530. The van der Waals surface area contributed by atoms with Crippen LogP contribution in [0.2, 0.25) is 0 Å².